The summed E-state index contributed by atoms with van der Waals surface area (Å²) < 4.78 is 1.16. The summed E-state index contributed by atoms with van der Waals surface area (Å²) in [6.45, 7) is 4.54. The van der Waals surface area contributed by atoms with Gasteiger partial charge in [0.25, 0.3) is 0 Å². The minimum atomic E-state index is 0.802. The van der Waals surface area contributed by atoms with Crippen LogP contribution in [0.2, 0.25) is 0 Å². The molecule has 0 atom stereocenters. The molecule has 0 spiro atoms. The molecule has 0 saturated heterocycles. The fourth-order valence-electron chi connectivity index (χ4n) is 1.00. The number of halogens is 1. The number of hydrogen-bond donors (Lipinski definition) is 2. The Morgan fingerprint density at radius 2 is 2.31 bits per heavy atom. The Morgan fingerprint density at radius 3 is 2.92 bits per heavy atom. The lowest BCUT2D eigenvalue weighted by molar-refractivity contribution is 1.07. The van der Waals surface area contributed by atoms with Crippen LogP contribution in [0.3, 0.4) is 0 Å². The van der Waals surface area contributed by atoms with Crippen LogP contribution in [-0.4, -0.2) is 6.54 Å². The minimum absolute atomic E-state index is 0.802. The van der Waals surface area contributed by atoms with Gasteiger partial charge in [0.15, 0.2) is 0 Å². The van der Waals surface area contributed by atoms with Crippen LogP contribution >= 0.6 is 22.6 Å². The maximum absolute atomic E-state index is 5.81. The van der Waals surface area contributed by atoms with E-state index in [9.17, 15) is 0 Å². The quantitative estimate of drug-likeness (QED) is 0.387. The van der Waals surface area contributed by atoms with E-state index in [4.69, 9.17) is 5.73 Å². The van der Waals surface area contributed by atoms with E-state index in [0.717, 1.165) is 27.9 Å². The van der Waals surface area contributed by atoms with Crippen LogP contribution in [0, 0.1) is 3.57 Å². The van der Waals surface area contributed by atoms with Crippen molar-refractivity contribution in [2.45, 2.75) is 6.42 Å². The third kappa shape index (κ3) is 3.26. The largest absolute Gasteiger partial charge is 0.397 e. The molecule has 0 aliphatic heterocycles. The highest BCUT2D eigenvalue weighted by Crippen LogP contribution is 2.20. The second kappa shape index (κ2) is 5.11. The number of nitrogen functional groups attached to an aromatic ring is 1. The Kier molecular flexibility index (Phi) is 4.08. The van der Waals surface area contributed by atoms with Crippen molar-refractivity contribution < 1.29 is 0 Å². The van der Waals surface area contributed by atoms with Gasteiger partial charge in [-0.3, -0.25) is 0 Å². The van der Waals surface area contributed by atoms with Crippen LogP contribution in [0.4, 0.5) is 11.4 Å². The van der Waals surface area contributed by atoms with Crippen LogP contribution < -0.4 is 11.1 Å². The maximum Gasteiger partial charge on any atom is 0.0574 e. The van der Waals surface area contributed by atoms with E-state index >= 15 is 0 Å². The topological polar surface area (TPSA) is 38.0 Å². The van der Waals surface area contributed by atoms with Gasteiger partial charge in [-0.1, -0.05) is 6.08 Å². The monoisotopic (exact) mass is 288 g/mol. The van der Waals surface area contributed by atoms with E-state index in [1.54, 1.807) is 0 Å². The highest BCUT2D eigenvalue weighted by Gasteiger charge is 1.97. The number of benzene rings is 1. The zero-order chi connectivity index (χ0) is 9.68. The van der Waals surface area contributed by atoms with E-state index in [1.807, 2.05) is 24.3 Å². The average Bonchev–Trinajstić information content (AvgIpc) is 2.09. The van der Waals surface area contributed by atoms with E-state index in [-0.39, 0.29) is 0 Å². The summed E-state index contributed by atoms with van der Waals surface area (Å²) in [5, 5.41) is 3.24. The molecular weight excluding hydrogens is 275 g/mol. The van der Waals surface area contributed by atoms with Crippen LogP contribution in [0.25, 0.3) is 0 Å². The Hall–Kier alpha value is -0.710. The SMILES string of the molecule is C=CCCNc1ccc(I)cc1N. The van der Waals surface area contributed by atoms with Crippen molar-refractivity contribution in [1.82, 2.24) is 0 Å². The molecule has 0 bridgehead atoms. The lowest BCUT2D eigenvalue weighted by Crippen LogP contribution is -2.03. The molecule has 0 aliphatic carbocycles. The highest BCUT2D eigenvalue weighted by molar-refractivity contribution is 14.1. The first-order chi connectivity index (χ1) is 6.24. The fourth-order valence-corrected chi connectivity index (χ4v) is 1.52. The van der Waals surface area contributed by atoms with Crippen LogP contribution in [0.5, 0.6) is 0 Å². The summed E-state index contributed by atoms with van der Waals surface area (Å²) in [6, 6.07) is 5.99. The predicted molar refractivity (Wildman–Crippen MR) is 66.9 cm³/mol. The Labute approximate surface area is 92.4 Å². The molecule has 0 heterocycles. The summed E-state index contributed by atoms with van der Waals surface area (Å²) in [4.78, 5) is 0. The molecule has 13 heavy (non-hydrogen) atoms. The molecule has 1 aromatic rings. The molecule has 3 heteroatoms. The van der Waals surface area contributed by atoms with Crippen molar-refractivity contribution in [3.63, 3.8) is 0 Å². The summed E-state index contributed by atoms with van der Waals surface area (Å²) in [5.41, 5.74) is 7.61. The number of nitrogens with one attached hydrogen (secondary N) is 1. The Morgan fingerprint density at radius 1 is 1.54 bits per heavy atom. The molecule has 0 amide bonds. The van der Waals surface area contributed by atoms with Gasteiger partial charge in [-0.05, 0) is 47.2 Å². The molecule has 3 N–H and O–H groups in total. The zero-order valence-corrected chi connectivity index (χ0v) is 9.54. The van der Waals surface area contributed by atoms with E-state index < -0.39 is 0 Å². The van der Waals surface area contributed by atoms with Crippen LogP contribution in [-0.2, 0) is 0 Å². The summed E-state index contributed by atoms with van der Waals surface area (Å²) in [5.74, 6) is 0. The van der Waals surface area contributed by atoms with Gasteiger partial charge in [0.05, 0.1) is 11.4 Å². The van der Waals surface area contributed by atoms with E-state index in [0.29, 0.717) is 0 Å². The van der Waals surface area contributed by atoms with Gasteiger partial charge in [0.1, 0.15) is 0 Å². The van der Waals surface area contributed by atoms with Gasteiger partial charge in [-0.15, -0.1) is 6.58 Å². The predicted octanol–water partition coefficient (Wildman–Crippen LogP) is 2.86. The van der Waals surface area contributed by atoms with Crippen molar-refractivity contribution in [3.8, 4) is 0 Å². The number of rotatable bonds is 4. The molecule has 0 aliphatic rings. The standard InChI is InChI=1S/C10H13IN2/c1-2-3-6-13-10-5-4-8(11)7-9(10)12/h2,4-5,7,13H,1,3,6,12H2. The molecule has 2 nitrogen and oxygen atoms in total. The number of hydrogen-bond acceptors (Lipinski definition) is 2. The summed E-state index contributed by atoms with van der Waals surface area (Å²) in [7, 11) is 0. The van der Waals surface area contributed by atoms with Crippen molar-refractivity contribution in [2.24, 2.45) is 0 Å². The van der Waals surface area contributed by atoms with Gasteiger partial charge in [0.2, 0.25) is 0 Å². The molecule has 1 aromatic carbocycles. The average molecular weight is 288 g/mol. The van der Waals surface area contributed by atoms with Gasteiger partial charge >= 0.3 is 0 Å². The van der Waals surface area contributed by atoms with Gasteiger partial charge < -0.3 is 11.1 Å². The number of anilines is 2. The first-order valence-electron chi connectivity index (χ1n) is 4.14. The van der Waals surface area contributed by atoms with Crippen molar-refractivity contribution >= 4 is 34.0 Å². The third-order valence-electron chi connectivity index (χ3n) is 1.68. The van der Waals surface area contributed by atoms with Crippen LogP contribution in [0.1, 0.15) is 6.42 Å². The lowest BCUT2D eigenvalue weighted by atomic mass is 10.2. The van der Waals surface area contributed by atoms with E-state index in [2.05, 4.69) is 34.5 Å². The van der Waals surface area contributed by atoms with Crippen LogP contribution in [0.15, 0.2) is 30.9 Å². The first-order valence-corrected chi connectivity index (χ1v) is 5.21. The zero-order valence-electron chi connectivity index (χ0n) is 7.39. The lowest BCUT2D eigenvalue weighted by Gasteiger charge is -2.07. The molecule has 0 saturated carbocycles. The third-order valence-corrected chi connectivity index (χ3v) is 2.35. The smallest absolute Gasteiger partial charge is 0.0574 e. The maximum atomic E-state index is 5.81. The number of nitrogens with two attached hydrogens (primary N) is 1. The summed E-state index contributed by atoms with van der Waals surface area (Å²) >= 11 is 2.24. The van der Waals surface area contributed by atoms with Gasteiger partial charge in [-0.25, -0.2) is 0 Å². The molecular formula is C10H13IN2. The second-order valence-corrected chi connectivity index (χ2v) is 3.98. The van der Waals surface area contributed by atoms with Gasteiger partial charge in [0, 0.05) is 10.1 Å². The van der Waals surface area contributed by atoms with Gasteiger partial charge in [-0.2, -0.15) is 0 Å². The molecule has 0 radical (unpaired) electrons. The Bertz CT molecular complexity index is 297. The first kappa shape index (κ1) is 10.4. The fraction of sp³-hybridized carbons (Fsp3) is 0.200. The molecule has 0 aromatic heterocycles. The van der Waals surface area contributed by atoms with Crippen molar-refractivity contribution in [1.29, 1.82) is 0 Å². The molecule has 0 unspecified atom stereocenters. The highest BCUT2D eigenvalue weighted by atomic mass is 127. The second-order valence-electron chi connectivity index (χ2n) is 2.74. The molecule has 1 rings (SSSR count). The summed E-state index contributed by atoms with van der Waals surface area (Å²) in [6.07, 6.45) is 2.83. The van der Waals surface area contributed by atoms with Crippen molar-refractivity contribution in [2.75, 3.05) is 17.6 Å². The Balaban J connectivity index is 2.61. The van der Waals surface area contributed by atoms with Crippen molar-refractivity contribution in [3.05, 3.63) is 34.4 Å². The van der Waals surface area contributed by atoms with E-state index in [1.165, 1.54) is 0 Å². The normalized spacial score (nSPS) is 9.62. The minimum Gasteiger partial charge on any atom is -0.397 e. The molecule has 0 fully saturated rings. The molecule has 70 valence electrons.